The quantitative estimate of drug-likeness (QED) is 0.785. The molecule has 0 bridgehead atoms. The summed E-state index contributed by atoms with van der Waals surface area (Å²) in [5, 5.41) is 3.54. The number of hydrogen-bond acceptors (Lipinski definition) is 4. The van der Waals surface area contributed by atoms with Gasteiger partial charge in [0.15, 0.2) is 11.6 Å². The van der Waals surface area contributed by atoms with E-state index in [-0.39, 0.29) is 16.7 Å². The van der Waals surface area contributed by atoms with Crippen molar-refractivity contribution in [3.63, 3.8) is 0 Å². The number of aromatic nitrogens is 2. The van der Waals surface area contributed by atoms with Crippen LogP contribution in [0.1, 0.15) is 0 Å². The molecular weight excluding hydrogens is 293 g/mol. The summed E-state index contributed by atoms with van der Waals surface area (Å²) >= 11 is 5.76. The van der Waals surface area contributed by atoms with Crippen molar-refractivity contribution in [3.05, 3.63) is 53.3 Å². The molecule has 3 rings (SSSR count). The highest BCUT2D eigenvalue weighted by molar-refractivity contribution is 6.30. The molecule has 0 atom stereocenters. The predicted molar refractivity (Wildman–Crippen MR) is 80.6 cm³/mol. The molecule has 0 radical (unpaired) electrons. The fourth-order valence-electron chi connectivity index (χ4n) is 1.90. The molecule has 21 heavy (non-hydrogen) atoms. The number of nitrogens with one attached hydrogen (secondary N) is 1. The number of para-hydroxylation sites is 1. The number of anilines is 1. The van der Waals surface area contributed by atoms with Gasteiger partial charge in [0.1, 0.15) is 0 Å². The molecule has 0 spiro atoms. The Hall–Kier alpha value is -2.40. The molecule has 0 unspecified atom stereocenters. The van der Waals surface area contributed by atoms with Crippen LogP contribution in [-0.4, -0.2) is 17.0 Å². The fourth-order valence-corrected chi connectivity index (χ4v) is 2.07. The Morgan fingerprint density at radius 2 is 1.90 bits per heavy atom. The highest BCUT2D eigenvalue weighted by atomic mass is 35.5. The molecule has 1 heterocycles. The Morgan fingerprint density at radius 1 is 1.10 bits per heavy atom. The van der Waals surface area contributed by atoms with Gasteiger partial charge in [0, 0.05) is 7.05 Å². The van der Waals surface area contributed by atoms with E-state index >= 15 is 0 Å². The molecule has 0 amide bonds. The molecule has 106 valence electrons. The number of fused-ring (bicyclic) bond motifs is 1. The van der Waals surface area contributed by atoms with Gasteiger partial charge in [-0.15, -0.1) is 0 Å². The molecule has 1 N–H and O–H groups in total. The lowest BCUT2D eigenvalue weighted by molar-refractivity contribution is 0.432. The zero-order valence-electron chi connectivity index (χ0n) is 11.1. The van der Waals surface area contributed by atoms with Crippen LogP contribution < -0.4 is 10.1 Å². The molecule has 0 saturated heterocycles. The highest BCUT2D eigenvalue weighted by Gasteiger charge is 2.13. The minimum atomic E-state index is -0.618. The maximum absolute atomic E-state index is 14.0. The van der Waals surface area contributed by atoms with Crippen molar-refractivity contribution in [1.82, 2.24) is 9.97 Å². The molecular formula is C15H11ClFN3O. The third-order valence-corrected chi connectivity index (χ3v) is 3.21. The minimum Gasteiger partial charge on any atom is -0.435 e. The largest absolute Gasteiger partial charge is 0.435 e. The molecule has 0 fully saturated rings. The highest BCUT2D eigenvalue weighted by Crippen LogP contribution is 2.32. The van der Waals surface area contributed by atoms with E-state index in [0.717, 1.165) is 0 Å². The Labute approximate surface area is 125 Å². The van der Waals surface area contributed by atoms with Gasteiger partial charge >= 0.3 is 0 Å². The summed E-state index contributed by atoms with van der Waals surface area (Å²) in [4.78, 5) is 8.55. The normalized spacial score (nSPS) is 10.6. The molecule has 0 aliphatic heterocycles. The van der Waals surface area contributed by atoms with Gasteiger partial charge in [-0.05, 0) is 24.3 Å². The van der Waals surface area contributed by atoms with Crippen molar-refractivity contribution in [2.45, 2.75) is 0 Å². The average Bonchev–Trinajstić information content (AvgIpc) is 2.51. The molecule has 3 aromatic rings. The van der Waals surface area contributed by atoms with Gasteiger partial charge in [0.2, 0.25) is 11.8 Å². The third-order valence-electron chi connectivity index (χ3n) is 2.91. The lowest BCUT2D eigenvalue weighted by atomic mass is 10.2. The first-order chi connectivity index (χ1) is 10.2. The van der Waals surface area contributed by atoms with Crippen LogP contribution in [0.5, 0.6) is 11.6 Å². The number of hydrogen-bond donors (Lipinski definition) is 1. The second-order valence-corrected chi connectivity index (χ2v) is 4.68. The van der Waals surface area contributed by atoms with Crippen molar-refractivity contribution in [1.29, 1.82) is 0 Å². The molecule has 0 aliphatic carbocycles. The van der Waals surface area contributed by atoms with Crippen molar-refractivity contribution in [2.24, 2.45) is 0 Å². The molecule has 1 aromatic heterocycles. The summed E-state index contributed by atoms with van der Waals surface area (Å²) in [6.45, 7) is 0. The number of halogens is 2. The first-order valence-electron chi connectivity index (χ1n) is 6.25. The zero-order valence-corrected chi connectivity index (χ0v) is 11.9. The smallest absolute Gasteiger partial charge is 0.232 e. The fraction of sp³-hybridized carbons (Fsp3) is 0.0667. The maximum atomic E-state index is 14.0. The van der Waals surface area contributed by atoms with E-state index in [4.69, 9.17) is 16.3 Å². The van der Waals surface area contributed by atoms with E-state index in [1.54, 1.807) is 13.1 Å². The van der Waals surface area contributed by atoms with E-state index in [2.05, 4.69) is 15.3 Å². The van der Waals surface area contributed by atoms with Gasteiger partial charge in [-0.3, -0.25) is 0 Å². The summed E-state index contributed by atoms with van der Waals surface area (Å²) < 4.78 is 19.5. The van der Waals surface area contributed by atoms with E-state index in [9.17, 15) is 4.39 Å². The Bertz CT molecular complexity index is 810. The number of nitrogens with zero attached hydrogens (tertiary/aromatic N) is 2. The van der Waals surface area contributed by atoms with E-state index in [0.29, 0.717) is 16.9 Å². The number of ether oxygens (including phenoxy) is 1. The SMILES string of the molecule is CNc1nc(Oc2cccc(Cl)c2F)c2ccccc2n1. The second-order valence-electron chi connectivity index (χ2n) is 4.27. The summed E-state index contributed by atoms with van der Waals surface area (Å²) in [7, 11) is 1.70. The van der Waals surface area contributed by atoms with Crippen LogP contribution in [0.2, 0.25) is 5.02 Å². The lowest BCUT2D eigenvalue weighted by Crippen LogP contribution is -2.00. The van der Waals surface area contributed by atoms with E-state index in [1.165, 1.54) is 12.1 Å². The first-order valence-corrected chi connectivity index (χ1v) is 6.63. The standard InChI is InChI=1S/C15H11ClFN3O/c1-18-15-19-11-7-3-2-5-9(11)14(20-15)21-12-8-4-6-10(16)13(12)17/h2-8H,1H3,(H,18,19,20). The molecule has 4 nitrogen and oxygen atoms in total. The Kier molecular flexibility index (Phi) is 3.58. The van der Waals surface area contributed by atoms with Crippen molar-refractivity contribution < 1.29 is 9.13 Å². The van der Waals surface area contributed by atoms with Crippen molar-refractivity contribution in [3.8, 4) is 11.6 Å². The van der Waals surface area contributed by atoms with E-state index < -0.39 is 5.82 Å². The monoisotopic (exact) mass is 303 g/mol. The van der Waals surface area contributed by atoms with Crippen LogP contribution in [0, 0.1) is 5.82 Å². The minimum absolute atomic E-state index is 0.000276. The summed E-state index contributed by atoms with van der Waals surface area (Å²) in [6, 6.07) is 11.9. The Balaban J connectivity index is 2.13. The van der Waals surface area contributed by atoms with Crippen molar-refractivity contribution >= 4 is 28.5 Å². The van der Waals surface area contributed by atoms with Crippen molar-refractivity contribution in [2.75, 3.05) is 12.4 Å². The van der Waals surface area contributed by atoms with Crippen LogP contribution >= 0.6 is 11.6 Å². The van der Waals surface area contributed by atoms with Gasteiger partial charge < -0.3 is 10.1 Å². The van der Waals surface area contributed by atoms with E-state index in [1.807, 2.05) is 24.3 Å². The van der Waals surface area contributed by atoms with Gasteiger partial charge in [-0.1, -0.05) is 29.8 Å². The maximum Gasteiger partial charge on any atom is 0.232 e. The average molecular weight is 304 g/mol. The van der Waals surface area contributed by atoms with Gasteiger partial charge in [0.05, 0.1) is 15.9 Å². The van der Waals surface area contributed by atoms with Gasteiger partial charge in [0.25, 0.3) is 0 Å². The number of rotatable bonds is 3. The molecule has 0 saturated carbocycles. The van der Waals surface area contributed by atoms with Crippen LogP contribution in [-0.2, 0) is 0 Å². The predicted octanol–water partition coefficient (Wildman–Crippen LogP) is 4.26. The Morgan fingerprint density at radius 3 is 2.71 bits per heavy atom. The van der Waals surface area contributed by atoms with Crippen LogP contribution in [0.15, 0.2) is 42.5 Å². The second kappa shape index (κ2) is 5.54. The van der Waals surface area contributed by atoms with Crippen LogP contribution in [0.25, 0.3) is 10.9 Å². The lowest BCUT2D eigenvalue weighted by Gasteiger charge is -2.10. The topological polar surface area (TPSA) is 47.0 Å². The summed E-state index contributed by atoms with van der Waals surface area (Å²) in [6.07, 6.45) is 0. The first kappa shape index (κ1) is 13.6. The molecule has 6 heteroatoms. The summed E-state index contributed by atoms with van der Waals surface area (Å²) in [5.41, 5.74) is 0.703. The molecule has 0 aliphatic rings. The zero-order chi connectivity index (χ0) is 14.8. The third kappa shape index (κ3) is 2.60. The molecule has 2 aromatic carbocycles. The van der Waals surface area contributed by atoms with Gasteiger partial charge in [-0.2, -0.15) is 4.98 Å². The van der Waals surface area contributed by atoms with Crippen LogP contribution in [0.4, 0.5) is 10.3 Å². The van der Waals surface area contributed by atoms with Gasteiger partial charge in [-0.25, -0.2) is 9.37 Å². The van der Waals surface area contributed by atoms with Crippen LogP contribution in [0.3, 0.4) is 0 Å². The summed E-state index contributed by atoms with van der Waals surface area (Å²) in [5.74, 6) is 0.0681. The number of benzene rings is 2.